The lowest BCUT2D eigenvalue weighted by Crippen LogP contribution is -2.42. The molecule has 3 rings (SSSR count). The van der Waals surface area contributed by atoms with E-state index >= 15 is 0 Å². The van der Waals surface area contributed by atoms with Gasteiger partial charge in [0.1, 0.15) is 6.33 Å². The lowest BCUT2D eigenvalue weighted by molar-refractivity contribution is 0.191. The first-order valence-electron chi connectivity index (χ1n) is 6.16. The second kappa shape index (κ2) is 5.36. The monoisotopic (exact) mass is 274 g/mol. The highest BCUT2D eigenvalue weighted by molar-refractivity contribution is 7.09. The Morgan fingerprint density at radius 2 is 2.47 bits per heavy atom. The maximum absolute atomic E-state index is 12.1. The van der Waals surface area contributed by atoms with Crippen LogP contribution in [0, 0.1) is 0 Å². The third-order valence-corrected chi connectivity index (χ3v) is 4.02. The lowest BCUT2D eigenvalue weighted by Gasteiger charge is -2.27. The number of carbonyl (C=O) groups is 1. The maximum Gasteiger partial charge on any atom is 0.318 e. The van der Waals surface area contributed by atoms with Crippen molar-refractivity contribution >= 4 is 17.4 Å². The molecule has 0 aromatic carbocycles. The average Bonchev–Trinajstić information content (AvgIpc) is 2.97. The van der Waals surface area contributed by atoms with Crippen LogP contribution in [0.1, 0.15) is 16.1 Å². The fraction of sp³-hybridized carbons (Fsp3) is 0.308. The topological polar surface area (TPSA) is 58.1 Å². The number of aromatic nitrogens is 2. The fourth-order valence-corrected chi connectivity index (χ4v) is 2.77. The van der Waals surface area contributed by atoms with Gasteiger partial charge < -0.3 is 10.2 Å². The van der Waals surface area contributed by atoms with Gasteiger partial charge in [-0.3, -0.25) is 0 Å². The molecule has 0 saturated heterocycles. The van der Waals surface area contributed by atoms with Gasteiger partial charge in [0.05, 0.1) is 18.8 Å². The SMILES string of the molecule is O=C(NCc1cccs1)N1CCc2ncncc2C1. The van der Waals surface area contributed by atoms with Crippen LogP contribution in [0.25, 0.3) is 0 Å². The number of hydrogen-bond acceptors (Lipinski definition) is 4. The van der Waals surface area contributed by atoms with E-state index in [1.54, 1.807) is 28.8 Å². The van der Waals surface area contributed by atoms with Crippen molar-refractivity contribution in [1.29, 1.82) is 0 Å². The van der Waals surface area contributed by atoms with E-state index in [0.29, 0.717) is 19.6 Å². The quantitative estimate of drug-likeness (QED) is 0.908. The molecule has 6 heteroatoms. The number of nitrogens with zero attached hydrogens (tertiary/aromatic N) is 3. The molecule has 0 radical (unpaired) electrons. The molecular weight excluding hydrogens is 260 g/mol. The van der Waals surface area contributed by atoms with Gasteiger partial charge in [0, 0.05) is 29.6 Å². The van der Waals surface area contributed by atoms with Crippen molar-refractivity contribution in [2.24, 2.45) is 0 Å². The van der Waals surface area contributed by atoms with E-state index < -0.39 is 0 Å². The van der Waals surface area contributed by atoms with Crippen molar-refractivity contribution in [3.63, 3.8) is 0 Å². The molecule has 1 aliphatic rings. The minimum atomic E-state index is -0.0251. The van der Waals surface area contributed by atoms with E-state index in [0.717, 1.165) is 22.6 Å². The molecule has 0 atom stereocenters. The predicted octanol–water partition coefficient (Wildman–Crippen LogP) is 1.81. The minimum absolute atomic E-state index is 0.0251. The number of thiophene rings is 1. The van der Waals surface area contributed by atoms with Crippen molar-refractivity contribution < 1.29 is 4.79 Å². The summed E-state index contributed by atoms with van der Waals surface area (Å²) in [7, 11) is 0. The Bertz CT molecular complexity index is 570. The second-order valence-electron chi connectivity index (χ2n) is 4.40. The molecule has 2 aromatic rings. The summed E-state index contributed by atoms with van der Waals surface area (Å²) >= 11 is 1.65. The molecule has 2 aromatic heterocycles. The van der Waals surface area contributed by atoms with Crippen molar-refractivity contribution in [2.45, 2.75) is 19.5 Å². The number of nitrogens with one attached hydrogen (secondary N) is 1. The Hall–Kier alpha value is -1.95. The Labute approximate surface area is 115 Å². The van der Waals surface area contributed by atoms with E-state index in [-0.39, 0.29) is 6.03 Å². The lowest BCUT2D eigenvalue weighted by atomic mass is 10.1. The van der Waals surface area contributed by atoms with Crippen molar-refractivity contribution in [3.8, 4) is 0 Å². The van der Waals surface area contributed by atoms with Gasteiger partial charge in [-0.1, -0.05) is 6.07 Å². The van der Waals surface area contributed by atoms with Crippen LogP contribution in [0.3, 0.4) is 0 Å². The number of fused-ring (bicyclic) bond motifs is 1. The number of hydrogen-bond donors (Lipinski definition) is 1. The van der Waals surface area contributed by atoms with E-state index in [2.05, 4.69) is 15.3 Å². The standard InChI is InChI=1S/C13H14N4OS/c18-13(15-7-11-2-1-5-19-11)17-4-3-12-10(8-17)6-14-9-16-12/h1-2,5-6,9H,3-4,7-8H2,(H,15,18). The van der Waals surface area contributed by atoms with Crippen molar-refractivity contribution in [2.75, 3.05) is 6.54 Å². The summed E-state index contributed by atoms with van der Waals surface area (Å²) in [6.45, 7) is 1.89. The fourth-order valence-electron chi connectivity index (χ4n) is 2.13. The predicted molar refractivity (Wildman–Crippen MR) is 72.7 cm³/mol. The van der Waals surface area contributed by atoms with Gasteiger partial charge in [0.15, 0.2) is 0 Å². The van der Waals surface area contributed by atoms with Gasteiger partial charge in [-0.25, -0.2) is 14.8 Å². The summed E-state index contributed by atoms with van der Waals surface area (Å²) in [6.07, 6.45) is 4.15. The number of urea groups is 1. The molecule has 0 unspecified atom stereocenters. The van der Waals surface area contributed by atoms with Crippen molar-refractivity contribution in [1.82, 2.24) is 20.2 Å². The molecule has 1 N–H and O–H groups in total. The molecule has 0 bridgehead atoms. The van der Waals surface area contributed by atoms with Gasteiger partial charge in [-0.2, -0.15) is 0 Å². The van der Waals surface area contributed by atoms with E-state index in [4.69, 9.17) is 0 Å². The molecule has 0 spiro atoms. The Morgan fingerprint density at radius 1 is 1.53 bits per heavy atom. The minimum Gasteiger partial charge on any atom is -0.333 e. The molecular formula is C13H14N4OS. The van der Waals surface area contributed by atoms with Crippen LogP contribution < -0.4 is 5.32 Å². The van der Waals surface area contributed by atoms with Gasteiger partial charge in [-0.05, 0) is 11.4 Å². The van der Waals surface area contributed by atoms with Gasteiger partial charge >= 0.3 is 6.03 Å². The molecule has 5 nitrogen and oxygen atoms in total. The smallest absolute Gasteiger partial charge is 0.318 e. The van der Waals surface area contributed by atoms with Crippen LogP contribution in [-0.2, 0) is 19.5 Å². The van der Waals surface area contributed by atoms with E-state index in [1.165, 1.54) is 0 Å². The third-order valence-electron chi connectivity index (χ3n) is 3.14. The first kappa shape index (κ1) is 12.1. The highest BCUT2D eigenvalue weighted by atomic mass is 32.1. The number of amides is 2. The summed E-state index contributed by atoms with van der Waals surface area (Å²) in [5.74, 6) is 0. The normalized spacial score (nSPS) is 14.0. The summed E-state index contributed by atoms with van der Waals surface area (Å²) in [5.41, 5.74) is 2.09. The van der Waals surface area contributed by atoms with Crippen LogP contribution in [0.5, 0.6) is 0 Å². The summed E-state index contributed by atoms with van der Waals surface area (Å²) < 4.78 is 0. The van der Waals surface area contributed by atoms with Crippen LogP contribution in [0.2, 0.25) is 0 Å². The zero-order chi connectivity index (χ0) is 13.1. The molecule has 1 aliphatic heterocycles. The molecule has 2 amide bonds. The zero-order valence-electron chi connectivity index (χ0n) is 10.4. The number of rotatable bonds is 2. The van der Waals surface area contributed by atoms with Crippen LogP contribution in [0.15, 0.2) is 30.0 Å². The first-order valence-corrected chi connectivity index (χ1v) is 7.04. The van der Waals surface area contributed by atoms with Crippen LogP contribution >= 0.6 is 11.3 Å². The highest BCUT2D eigenvalue weighted by Crippen LogP contribution is 2.15. The molecule has 0 aliphatic carbocycles. The van der Waals surface area contributed by atoms with Crippen LogP contribution in [0.4, 0.5) is 4.79 Å². The summed E-state index contributed by atoms with van der Waals surface area (Å²) in [6, 6.07) is 3.98. The molecule has 0 saturated carbocycles. The van der Waals surface area contributed by atoms with Gasteiger partial charge in [-0.15, -0.1) is 11.3 Å². The van der Waals surface area contributed by atoms with E-state index in [1.807, 2.05) is 17.5 Å². The Balaban J connectivity index is 1.60. The molecule has 98 valence electrons. The zero-order valence-corrected chi connectivity index (χ0v) is 11.2. The third kappa shape index (κ3) is 2.73. The highest BCUT2D eigenvalue weighted by Gasteiger charge is 2.21. The first-order chi connectivity index (χ1) is 9.33. The van der Waals surface area contributed by atoms with Crippen molar-refractivity contribution in [3.05, 3.63) is 46.2 Å². The summed E-state index contributed by atoms with van der Waals surface area (Å²) in [4.78, 5) is 23.3. The Morgan fingerprint density at radius 3 is 3.32 bits per heavy atom. The number of carbonyl (C=O) groups excluding carboxylic acids is 1. The van der Waals surface area contributed by atoms with E-state index in [9.17, 15) is 4.79 Å². The second-order valence-corrected chi connectivity index (χ2v) is 5.44. The van der Waals surface area contributed by atoms with Gasteiger partial charge in [0.2, 0.25) is 0 Å². The average molecular weight is 274 g/mol. The molecule has 19 heavy (non-hydrogen) atoms. The maximum atomic E-state index is 12.1. The van der Waals surface area contributed by atoms with Gasteiger partial charge in [0.25, 0.3) is 0 Å². The van der Waals surface area contributed by atoms with Crippen LogP contribution in [-0.4, -0.2) is 27.4 Å². The largest absolute Gasteiger partial charge is 0.333 e. The summed E-state index contributed by atoms with van der Waals surface area (Å²) in [5, 5.41) is 4.95. The molecule has 3 heterocycles. The Kier molecular flexibility index (Phi) is 3.41. The molecule has 0 fully saturated rings.